The summed E-state index contributed by atoms with van der Waals surface area (Å²) in [6, 6.07) is 19.3. The topological polar surface area (TPSA) is 60.4 Å². The first-order chi connectivity index (χ1) is 16.1. The zero-order chi connectivity index (χ0) is 22.9. The highest BCUT2D eigenvalue weighted by molar-refractivity contribution is 6.02. The van der Waals surface area contributed by atoms with Gasteiger partial charge in [-0.2, -0.15) is 5.10 Å². The number of carbonyl (C=O) groups excluding carboxylic acids is 1. The number of methoxy groups -OCH3 is 1. The number of hydrogen-bond acceptors (Lipinski definition) is 6. The molecule has 6 nitrogen and oxygen atoms in total. The number of esters is 1. The quantitative estimate of drug-likeness (QED) is 0.501. The van der Waals surface area contributed by atoms with Crippen LogP contribution in [0.15, 0.2) is 71.8 Å². The van der Waals surface area contributed by atoms with Crippen molar-refractivity contribution in [3.05, 3.63) is 94.8 Å². The van der Waals surface area contributed by atoms with Crippen LogP contribution in [0.5, 0.6) is 11.5 Å². The Morgan fingerprint density at radius 2 is 1.88 bits per heavy atom. The molecule has 33 heavy (non-hydrogen) atoms. The fraction of sp³-hybridized carbons (Fsp3) is 0.231. The Kier molecular flexibility index (Phi) is 5.46. The Bertz CT molecular complexity index is 1210. The van der Waals surface area contributed by atoms with E-state index < -0.39 is 12.2 Å². The van der Waals surface area contributed by atoms with Crippen LogP contribution in [0.1, 0.15) is 52.7 Å². The third-order valence-corrected chi connectivity index (χ3v) is 5.87. The molecule has 7 heteroatoms. The first-order valence-corrected chi connectivity index (χ1v) is 10.8. The lowest BCUT2D eigenvalue weighted by molar-refractivity contribution is -0.0212. The van der Waals surface area contributed by atoms with Crippen molar-refractivity contribution in [2.75, 3.05) is 13.7 Å². The number of carbonyl (C=O) groups is 1. The third kappa shape index (κ3) is 3.80. The number of nitrogens with zero attached hydrogens (tertiary/aromatic N) is 2. The second-order valence-electron chi connectivity index (χ2n) is 7.84. The lowest BCUT2D eigenvalue weighted by atomic mass is 9.95. The molecule has 0 radical (unpaired) electrons. The van der Waals surface area contributed by atoms with Gasteiger partial charge in [0, 0.05) is 17.5 Å². The highest BCUT2D eigenvalue weighted by atomic mass is 19.1. The average Bonchev–Trinajstić information content (AvgIpc) is 3.30. The number of rotatable bonds is 5. The molecule has 2 atom stereocenters. The maximum absolute atomic E-state index is 13.5. The normalized spacial score (nSPS) is 18.6. The number of halogens is 1. The Morgan fingerprint density at radius 1 is 1.12 bits per heavy atom. The summed E-state index contributed by atoms with van der Waals surface area (Å²) in [6.07, 6.45) is 0.127. The molecule has 2 aliphatic rings. The highest BCUT2D eigenvalue weighted by Gasteiger charge is 2.42. The molecule has 0 bridgehead atoms. The summed E-state index contributed by atoms with van der Waals surface area (Å²) >= 11 is 0. The van der Waals surface area contributed by atoms with Gasteiger partial charge in [0.2, 0.25) is 6.23 Å². The van der Waals surface area contributed by atoms with E-state index in [0.717, 1.165) is 22.4 Å². The van der Waals surface area contributed by atoms with Crippen molar-refractivity contribution < 1.29 is 23.4 Å². The minimum absolute atomic E-state index is 0.0699. The Morgan fingerprint density at radius 3 is 2.58 bits per heavy atom. The molecule has 2 aliphatic heterocycles. The van der Waals surface area contributed by atoms with E-state index in [9.17, 15) is 9.18 Å². The maximum Gasteiger partial charge on any atom is 0.337 e. The summed E-state index contributed by atoms with van der Waals surface area (Å²) < 4.78 is 30.6. The van der Waals surface area contributed by atoms with Crippen LogP contribution in [-0.2, 0) is 4.74 Å². The van der Waals surface area contributed by atoms with Crippen molar-refractivity contribution in [2.24, 2.45) is 5.10 Å². The van der Waals surface area contributed by atoms with E-state index >= 15 is 0 Å². The van der Waals surface area contributed by atoms with E-state index in [2.05, 4.69) is 0 Å². The van der Waals surface area contributed by atoms with E-state index in [4.69, 9.17) is 19.3 Å². The van der Waals surface area contributed by atoms with E-state index in [1.165, 1.54) is 19.2 Å². The fourth-order valence-electron chi connectivity index (χ4n) is 4.29. The Balaban J connectivity index is 1.57. The van der Waals surface area contributed by atoms with Gasteiger partial charge in [0.1, 0.15) is 5.82 Å². The molecule has 5 rings (SSSR count). The van der Waals surface area contributed by atoms with Crippen LogP contribution in [0.4, 0.5) is 4.39 Å². The van der Waals surface area contributed by atoms with Gasteiger partial charge in [0.25, 0.3) is 0 Å². The highest BCUT2D eigenvalue weighted by Crippen LogP contribution is 2.50. The summed E-state index contributed by atoms with van der Waals surface area (Å²) in [5.41, 5.74) is 4.02. The predicted molar refractivity (Wildman–Crippen MR) is 121 cm³/mol. The number of ether oxygens (including phenoxy) is 3. The Labute approximate surface area is 191 Å². The predicted octanol–water partition coefficient (Wildman–Crippen LogP) is 5.25. The van der Waals surface area contributed by atoms with Crippen molar-refractivity contribution in [1.82, 2.24) is 5.01 Å². The van der Waals surface area contributed by atoms with Gasteiger partial charge in [0.15, 0.2) is 11.5 Å². The molecule has 0 spiro atoms. The van der Waals surface area contributed by atoms with Crippen LogP contribution in [0, 0.1) is 5.82 Å². The number of hydrogen-bond donors (Lipinski definition) is 0. The molecule has 2 heterocycles. The van der Waals surface area contributed by atoms with Gasteiger partial charge in [-0.05, 0) is 42.8 Å². The van der Waals surface area contributed by atoms with E-state index in [0.29, 0.717) is 30.1 Å². The van der Waals surface area contributed by atoms with Gasteiger partial charge < -0.3 is 14.2 Å². The summed E-state index contributed by atoms with van der Waals surface area (Å²) in [5.74, 6) is 0.693. The van der Waals surface area contributed by atoms with Crippen molar-refractivity contribution in [3.63, 3.8) is 0 Å². The van der Waals surface area contributed by atoms with Crippen LogP contribution in [0.2, 0.25) is 0 Å². The summed E-state index contributed by atoms with van der Waals surface area (Å²) in [7, 11) is 1.35. The average molecular weight is 446 g/mol. The molecule has 0 saturated carbocycles. The molecular weight excluding hydrogens is 423 g/mol. The molecule has 0 fully saturated rings. The van der Waals surface area contributed by atoms with Crippen molar-refractivity contribution in [2.45, 2.75) is 25.6 Å². The van der Waals surface area contributed by atoms with Crippen LogP contribution in [0.25, 0.3) is 0 Å². The Hall–Kier alpha value is -3.87. The minimum Gasteiger partial charge on any atom is -0.490 e. The summed E-state index contributed by atoms with van der Waals surface area (Å²) in [5, 5.41) is 6.82. The minimum atomic E-state index is -0.520. The second-order valence-corrected chi connectivity index (χ2v) is 7.84. The van der Waals surface area contributed by atoms with Gasteiger partial charge >= 0.3 is 5.97 Å². The molecule has 3 aromatic carbocycles. The van der Waals surface area contributed by atoms with E-state index in [1.807, 2.05) is 42.3 Å². The molecule has 0 aliphatic carbocycles. The molecule has 3 aromatic rings. The van der Waals surface area contributed by atoms with Crippen LogP contribution >= 0.6 is 0 Å². The maximum atomic E-state index is 13.5. The van der Waals surface area contributed by atoms with Crippen molar-refractivity contribution >= 4 is 11.7 Å². The first kappa shape index (κ1) is 21.0. The van der Waals surface area contributed by atoms with Gasteiger partial charge in [-0.3, -0.25) is 0 Å². The third-order valence-electron chi connectivity index (χ3n) is 5.87. The zero-order valence-electron chi connectivity index (χ0n) is 18.3. The molecule has 0 amide bonds. The molecule has 168 valence electrons. The lowest BCUT2D eigenvalue weighted by Crippen LogP contribution is -2.34. The van der Waals surface area contributed by atoms with Crippen molar-refractivity contribution in [1.29, 1.82) is 0 Å². The SMILES string of the molecule is CCOc1cccc2c1O[C@@H](c1ccc(C(=O)OC)cc1)N1N=C(c3ccc(F)cc3)C[C@H]21. The molecule has 0 aromatic heterocycles. The van der Waals surface area contributed by atoms with Gasteiger partial charge in [-0.15, -0.1) is 0 Å². The molecular formula is C26H23FN2O4. The number of fused-ring (bicyclic) bond motifs is 3. The largest absolute Gasteiger partial charge is 0.490 e. The smallest absolute Gasteiger partial charge is 0.337 e. The summed E-state index contributed by atoms with van der Waals surface area (Å²) in [4.78, 5) is 11.9. The lowest BCUT2D eigenvalue weighted by Gasteiger charge is -2.38. The standard InChI is InChI=1S/C26H23FN2O4/c1-3-32-23-6-4-5-20-22-15-21(16-11-13-19(27)14-12-16)28-29(22)25(33-24(20)23)17-7-9-18(10-8-17)26(30)31-2/h4-14,22,25H,3,15H2,1-2H3/t22-,25+/m1/s1. The fourth-order valence-corrected chi connectivity index (χ4v) is 4.29. The van der Waals surface area contributed by atoms with E-state index in [1.54, 1.807) is 24.3 Å². The van der Waals surface area contributed by atoms with Crippen molar-refractivity contribution in [3.8, 4) is 11.5 Å². The monoisotopic (exact) mass is 446 g/mol. The number of hydrazone groups is 1. The summed E-state index contributed by atoms with van der Waals surface area (Å²) in [6.45, 7) is 2.45. The second kappa shape index (κ2) is 8.58. The molecule has 0 saturated heterocycles. The number of para-hydroxylation sites is 1. The van der Waals surface area contributed by atoms with Gasteiger partial charge in [0.05, 0.1) is 31.0 Å². The first-order valence-electron chi connectivity index (χ1n) is 10.8. The zero-order valence-corrected chi connectivity index (χ0v) is 18.3. The van der Waals surface area contributed by atoms with E-state index in [-0.39, 0.29) is 11.9 Å². The van der Waals surface area contributed by atoms with Crippen LogP contribution in [0.3, 0.4) is 0 Å². The molecule has 0 unspecified atom stereocenters. The van der Waals surface area contributed by atoms with Gasteiger partial charge in [-0.25, -0.2) is 14.2 Å². The van der Waals surface area contributed by atoms with Gasteiger partial charge in [-0.1, -0.05) is 36.4 Å². The number of benzene rings is 3. The molecule has 0 N–H and O–H groups in total. The van der Waals surface area contributed by atoms with Crippen LogP contribution in [-0.4, -0.2) is 30.4 Å². The van der Waals surface area contributed by atoms with Crippen LogP contribution < -0.4 is 9.47 Å².